The van der Waals surface area contributed by atoms with E-state index in [1.807, 2.05) is 40.9 Å². The first-order chi connectivity index (χ1) is 14.2. The van der Waals surface area contributed by atoms with E-state index in [-0.39, 0.29) is 12.4 Å². The summed E-state index contributed by atoms with van der Waals surface area (Å²) in [4.78, 5) is 4.63. The van der Waals surface area contributed by atoms with E-state index in [0.717, 1.165) is 28.2 Å². The Kier molecular flexibility index (Phi) is 5.33. The van der Waals surface area contributed by atoms with Crippen LogP contribution in [0.25, 0.3) is 5.65 Å². The number of nitriles is 1. The quantitative estimate of drug-likeness (QED) is 0.491. The highest BCUT2D eigenvalue weighted by molar-refractivity contribution is 5.50. The maximum absolute atomic E-state index is 13.1. The van der Waals surface area contributed by atoms with Gasteiger partial charge >= 0.3 is 0 Å². The number of pyridine rings is 1. The summed E-state index contributed by atoms with van der Waals surface area (Å²) in [6.07, 6.45) is 1.90. The zero-order valence-electron chi connectivity index (χ0n) is 15.5. The average Bonchev–Trinajstić information content (AvgIpc) is 3.11. The Bertz CT molecular complexity index is 1260. The SMILES string of the molecule is N#Cc1cccc(COCc2nc3ccccn3c2C#Cc2ccc(F)cc2)c1. The lowest BCUT2D eigenvalue weighted by Gasteiger charge is -2.04. The fourth-order valence-electron chi connectivity index (χ4n) is 2.94. The van der Waals surface area contributed by atoms with E-state index >= 15 is 0 Å². The molecule has 0 fully saturated rings. The van der Waals surface area contributed by atoms with Crippen LogP contribution < -0.4 is 0 Å². The first-order valence-corrected chi connectivity index (χ1v) is 9.03. The standard InChI is InChI=1S/C24H16FN3O/c25-21-10-7-18(8-11-21)9-12-23-22(27-24-6-1-2-13-28(23)24)17-29-16-20-5-3-4-19(14-20)15-26/h1-8,10-11,13-14H,16-17H2. The third kappa shape index (κ3) is 4.32. The molecule has 2 aromatic heterocycles. The fourth-order valence-corrected chi connectivity index (χ4v) is 2.94. The lowest BCUT2D eigenvalue weighted by Crippen LogP contribution is -1.98. The second kappa shape index (κ2) is 8.39. The molecular weight excluding hydrogens is 365 g/mol. The van der Waals surface area contributed by atoms with Gasteiger partial charge < -0.3 is 4.74 Å². The molecule has 2 heterocycles. The molecule has 4 nitrogen and oxygen atoms in total. The van der Waals surface area contributed by atoms with E-state index in [4.69, 9.17) is 10.00 Å². The Morgan fingerprint density at radius 3 is 2.62 bits per heavy atom. The average molecular weight is 381 g/mol. The molecule has 5 heteroatoms. The number of benzene rings is 2. The van der Waals surface area contributed by atoms with Gasteiger partial charge in [0, 0.05) is 11.8 Å². The minimum Gasteiger partial charge on any atom is -0.370 e. The van der Waals surface area contributed by atoms with Gasteiger partial charge in [-0.2, -0.15) is 5.26 Å². The van der Waals surface area contributed by atoms with Gasteiger partial charge in [-0.15, -0.1) is 0 Å². The highest BCUT2D eigenvalue weighted by Crippen LogP contribution is 2.15. The van der Waals surface area contributed by atoms with Crippen molar-refractivity contribution in [1.29, 1.82) is 5.26 Å². The van der Waals surface area contributed by atoms with E-state index < -0.39 is 0 Å². The van der Waals surface area contributed by atoms with Crippen LogP contribution in [0.15, 0.2) is 72.9 Å². The number of hydrogen-bond acceptors (Lipinski definition) is 3. The molecule has 0 aliphatic carbocycles. The number of rotatable bonds is 4. The van der Waals surface area contributed by atoms with E-state index in [1.165, 1.54) is 12.1 Å². The van der Waals surface area contributed by atoms with Crippen LogP contribution in [-0.4, -0.2) is 9.38 Å². The number of imidazole rings is 1. The number of fused-ring (bicyclic) bond motifs is 1. The van der Waals surface area contributed by atoms with Crippen molar-refractivity contribution in [2.75, 3.05) is 0 Å². The molecule has 0 saturated carbocycles. The van der Waals surface area contributed by atoms with Crippen molar-refractivity contribution in [2.45, 2.75) is 13.2 Å². The van der Waals surface area contributed by atoms with Crippen LogP contribution in [0.1, 0.15) is 28.1 Å². The van der Waals surface area contributed by atoms with Crippen molar-refractivity contribution in [1.82, 2.24) is 9.38 Å². The third-order valence-electron chi connectivity index (χ3n) is 4.34. The maximum Gasteiger partial charge on any atom is 0.138 e. The monoisotopic (exact) mass is 381 g/mol. The summed E-state index contributed by atoms with van der Waals surface area (Å²) < 4.78 is 20.9. The zero-order chi connectivity index (χ0) is 20.1. The van der Waals surface area contributed by atoms with Crippen LogP contribution in [-0.2, 0) is 18.0 Å². The second-order valence-corrected chi connectivity index (χ2v) is 6.40. The topological polar surface area (TPSA) is 50.3 Å². The molecule has 29 heavy (non-hydrogen) atoms. The number of hydrogen-bond donors (Lipinski definition) is 0. The van der Waals surface area contributed by atoms with Gasteiger partial charge in [0.1, 0.15) is 22.9 Å². The summed E-state index contributed by atoms with van der Waals surface area (Å²) in [5, 5.41) is 9.01. The molecule has 0 atom stereocenters. The Labute approximate surface area is 167 Å². The van der Waals surface area contributed by atoms with E-state index in [9.17, 15) is 4.39 Å². The van der Waals surface area contributed by atoms with Gasteiger partial charge in [-0.05, 0) is 60.0 Å². The van der Waals surface area contributed by atoms with Gasteiger partial charge in [0.25, 0.3) is 0 Å². The Balaban J connectivity index is 1.58. The van der Waals surface area contributed by atoms with Crippen molar-refractivity contribution < 1.29 is 9.13 Å². The third-order valence-corrected chi connectivity index (χ3v) is 4.34. The molecule has 0 saturated heterocycles. The van der Waals surface area contributed by atoms with Gasteiger partial charge in [0.15, 0.2) is 0 Å². The summed E-state index contributed by atoms with van der Waals surface area (Å²) in [5.74, 6) is 5.91. The van der Waals surface area contributed by atoms with Gasteiger partial charge in [-0.1, -0.05) is 24.1 Å². The van der Waals surface area contributed by atoms with Gasteiger partial charge in [-0.3, -0.25) is 4.40 Å². The molecule has 0 unspecified atom stereocenters. The van der Waals surface area contributed by atoms with Crippen LogP contribution in [0.4, 0.5) is 4.39 Å². The van der Waals surface area contributed by atoms with Crippen molar-refractivity contribution in [2.24, 2.45) is 0 Å². The minimum absolute atomic E-state index is 0.284. The van der Waals surface area contributed by atoms with Crippen LogP contribution >= 0.6 is 0 Å². The molecule has 0 spiro atoms. The van der Waals surface area contributed by atoms with Crippen LogP contribution in [0.2, 0.25) is 0 Å². The van der Waals surface area contributed by atoms with Crippen molar-refractivity contribution in [3.8, 4) is 17.9 Å². The molecule has 0 aliphatic rings. The summed E-state index contributed by atoms with van der Waals surface area (Å²) in [5.41, 5.74) is 4.48. The molecule has 4 rings (SSSR count). The summed E-state index contributed by atoms with van der Waals surface area (Å²) >= 11 is 0. The summed E-state index contributed by atoms with van der Waals surface area (Å²) in [7, 11) is 0. The number of aromatic nitrogens is 2. The lowest BCUT2D eigenvalue weighted by atomic mass is 10.1. The van der Waals surface area contributed by atoms with Gasteiger partial charge in [0.05, 0.1) is 24.8 Å². The molecular formula is C24H16FN3O. The van der Waals surface area contributed by atoms with Crippen LogP contribution in [0.5, 0.6) is 0 Å². The fraction of sp³-hybridized carbons (Fsp3) is 0.0833. The van der Waals surface area contributed by atoms with Crippen LogP contribution in [0.3, 0.4) is 0 Å². The maximum atomic E-state index is 13.1. The normalized spacial score (nSPS) is 10.3. The predicted octanol–water partition coefficient (Wildman–Crippen LogP) is 4.46. The molecule has 0 N–H and O–H groups in total. The lowest BCUT2D eigenvalue weighted by molar-refractivity contribution is 0.105. The van der Waals surface area contributed by atoms with E-state index in [0.29, 0.717) is 12.2 Å². The second-order valence-electron chi connectivity index (χ2n) is 6.40. The van der Waals surface area contributed by atoms with Crippen LogP contribution in [0, 0.1) is 29.0 Å². The molecule has 140 valence electrons. The van der Waals surface area contributed by atoms with Crippen molar-refractivity contribution in [3.05, 3.63) is 107 Å². The Morgan fingerprint density at radius 2 is 1.79 bits per heavy atom. The molecule has 2 aromatic carbocycles. The molecule has 0 bridgehead atoms. The smallest absolute Gasteiger partial charge is 0.138 e. The van der Waals surface area contributed by atoms with E-state index in [2.05, 4.69) is 22.9 Å². The largest absolute Gasteiger partial charge is 0.370 e. The predicted molar refractivity (Wildman–Crippen MR) is 107 cm³/mol. The van der Waals surface area contributed by atoms with E-state index in [1.54, 1.807) is 24.3 Å². The molecule has 4 aromatic rings. The Hall–Kier alpha value is -3.93. The number of nitrogens with zero attached hydrogens (tertiary/aromatic N) is 3. The zero-order valence-corrected chi connectivity index (χ0v) is 15.5. The van der Waals surface area contributed by atoms with Gasteiger partial charge in [0.2, 0.25) is 0 Å². The molecule has 0 radical (unpaired) electrons. The highest BCUT2D eigenvalue weighted by atomic mass is 19.1. The highest BCUT2D eigenvalue weighted by Gasteiger charge is 2.10. The summed E-state index contributed by atoms with van der Waals surface area (Å²) in [6, 6.07) is 21.2. The summed E-state index contributed by atoms with van der Waals surface area (Å²) in [6.45, 7) is 0.653. The van der Waals surface area contributed by atoms with Crippen molar-refractivity contribution >= 4 is 5.65 Å². The first kappa shape index (κ1) is 18.4. The molecule has 0 aliphatic heterocycles. The molecule has 0 amide bonds. The number of ether oxygens (including phenoxy) is 1. The minimum atomic E-state index is -0.292. The van der Waals surface area contributed by atoms with Crippen molar-refractivity contribution in [3.63, 3.8) is 0 Å². The van der Waals surface area contributed by atoms with Gasteiger partial charge in [-0.25, -0.2) is 9.37 Å². The Morgan fingerprint density at radius 1 is 0.931 bits per heavy atom. The number of halogens is 1. The first-order valence-electron chi connectivity index (χ1n) is 9.03.